The number of allylic oxidation sites excluding steroid dienone is 1. The highest BCUT2D eigenvalue weighted by atomic mass is 16.6. The van der Waals surface area contributed by atoms with Gasteiger partial charge in [-0.2, -0.15) is 0 Å². The quantitative estimate of drug-likeness (QED) is 0.0315. The van der Waals surface area contributed by atoms with E-state index in [1.807, 2.05) is 0 Å². The Balaban J connectivity index is 0.941. The summed E-state index contributed by atoms with van der Waals surface area (Å²) in [4.78, 5) is 28.5. The van der Waals surface area contributed by atoms with Crippen molar-refractivity contribution in [2.45, 2.75) is 216 Å². The van der Waals surface area contributed by atoms with E-state index < -0.39 is 17.6 Å². The lowest BCUT2D eigenvalue weighted by molar-refractivity contribution is -0.609. The van der Waals surface area contributed by atoms with Gasteiger partial charge in [0.25, 0.3) is 0 Å². The first-order valence-corrected chi connectivity index (χ1v) is 23.5. The Kier molecular flexibility index (Phi) is 18.9. The van der Waals surface area contributed by atoms with Crippen LogP contribution in [0.1, 0.15) is 174 Å². The maximum atomic E-state index is 14.1. The van der Waals surface area contributed by atoms with E-state index in [0.29, 0.717) is 51.7 Å². The molecule has 0 aromatic carbocycles. The first kappa shape index (κ1) is 45.8. The Labute approximate surface area is 344 Å². The fraction of sp³-hybridized carbons (Fsp3) is 0.889. The van der Waals surface area contributed by atoms with Gasteiger partial charge in [0.1, 0.15) is 0 Å². The number of amides is 1. The second-order valence-electron chi connectivity index (χ2n) is 17.9. The Morgan fingerprint density at radius 1 is 0.930 bits per heavy atom. The van der Waals surface area contributed by atoms with Crippen molar-refractivity contribution in [1.29, 1.82) is 0 Å². The fourth-order valence-electron chi connectivity index (χ4n) is 10.3. The predicted octanol–water partition coefficient (Wildman–Crippen LogP) is 6.12. The molecule has 0 radical (unpaired) electrons. The molecule has 8 atom stereocenters. The predicted molar refractivity (Wildman–Crippen MR) is 225 cm³/mol. The third-order valence-corrected chi connectivity index (χ3v) is 13.3. The largest absolute Gasteiger partial charge is 0.465 e. The summed E-state index contributed by atoms with van der Waals surface area (Å²) in [6, 6.07) is 0.391. The molecule has 5 rings (SSSR count). The molecule has 1 unspecified atom stereocenters. The molecule has 0 saturated carbocycles. The molecule has 0 aliphatic carbocycles. The lowest BCUT2D eigenvalue weighted by Crippen LogP contribution is -2.76. The van der Waals surface area contributed by atoms with E-state index in [4.69, 9.17) is 25.7 Å². The van der Waals surface area contributed by atoms with Crippen LogP contribution < -0.4 is 22.1 Å². The van der Waals surface area contributed by atoms with Crippen LogP contribution >= 0.6 is 0 Å². The third kappa shape index (κ3) is 13.1. The van der Waals surface area contributed by atoms with E-state index in [9.17, 15) is 14.7 Å². The molecule has 2 fully saturated rings. The summed E-state index contributed by atoms with van der Waals surface area (Å²) in [5.74, 6) is 0.653. The number of aliphatic hydroxyl groups is 1. The van der Waals surface area contributed by atoms with Crippen molar-refractivity contribution in [2.75, 3.05) is 32.8 Å². The normalized spacial score (nSPS) is 29.8. The van der Waals surface area contributed by atoms with Crippen LogP contribution in [-0.4, -0.2) is 107 Å². The van der Waals surface area contributed by atoms with Crippen molar-refractivity contribution in [3.8, 4) is 0 Å². The van der Waals surface area contributed by atoms with Gasteiger partial charge >= 0.3 is 11.9 Å². The van der Waals surface area contributed by atoms with Gasteiger partial charge in [0.2, 0.25) is 11.6 Å². The highest BCUT2D eigenvalue weighted by molar-refractivity contribution is 5.82. The molecule has 1 amide bonds. The minimum absolute atomic E-state index is 0.0619. The fourth-order valence-corrected chi connectivity index (χ4v) is 10.3. The van der Waals surface area contributed by atoms with E-state index in [-0.39, 0.29) is 36.0 Å². The number of esters is 1. The summed E-state index contributed by atoms with van der Waals surface area (Å²) in [6.07, 6.45) is 29.7. The molecule has 0 aromatic heterocycles. The number of hydrogen-bond acceptors (Lipinski definition) is 10. The smallest absolute Gasteiger partial charge is 0.350 e. The highest BCUT2D eigenvalue weighted by Crippen LogP contribution is 2.45. The zero-order valence-electron chi connectivity index (χ0n) is 35.9. The monoisotopic (exact) mass is 802 g/mol. The van der Waals surface area contributed by atoms with E-state index in [0.717, 1.165) is 95.9 Å². The molecule has 57 heavy (non-hydrogen) atoms. The van der Waals surface area contributed by atoms with Gasteiger partial charge in [-0.1, -0.05) is 89.7 Å². The molecule has 326 valence electrons. The number of unbranched alkanes of at least 4 members (excludes halogenated alkanes) is 12. The minimum atomic E-state index is -0.761. The molecule has 0 aromatic rings. The maximum Gasteiger partial charge on any atom is 0.350 e. The Bertz CT molecular complexity index is 1300. The minimum Gasteiger partial charge on any atom is -0.465 e. The van der Waals surface area contributed by atoms with E-state index in [2.05, 4.69) is 41.2 Å². The van der Waals surface area contributed by atoms with Crippen LogP contribution in [-0.2, 0) is 23.8 Å². The number of aliphatic hydroxyl groups excluding tert-OH is 1. The third-order valence-electron chi connectivity index (χ3n) is 13.3. The molecule has 2 saturated heterocycles. The SMILES string of the molecule is CC[C@H]1C=CCC[C@@]2(C[C@@H]3CC[C@@H]4[C@H](C(=O)OCCCCCCCCCCCCCCCC(=O)N(CCCN)CC(O)CCN)[C@]5(CCC[C@@H](C)O5)NC(=[N+]34)N2)O1. The van der Waals surface area contributed by atoms with Crippen LogP contribution in [0.5, 0.6) is 0 Å². The van der Waals surface area contributed by atoms with E-state index >= 15 is 0 Å². The summed E-state index contributed by atoms with van der Waals surface area (Å²) >= 11 is 0. The molecule has 12 nitrogen and oxygen atoms in total. The number of nitrogens with two attached hydrogens (primary N) is 2. The van der Waals surface area contributed by atoms with Crippen molar-refractivity contribution >= 4 is 17.8 Å². The summed E-state index contributed by atoms with van der Waals surface area (Å²) < 4.78 is 22.1. The number of carbonyl (C=O) groups is 2. The number of nitrogens with one attached hydrogen (secondary N) is 2. The highest BCUT2D eigenvalue weighted by Gasteiger charge is 2.64. The van der Waals surface area contributed by atoms with Gasteiger partial charge in [0.05, 0.1) is 37.0 Å². The van der Waals surface area contributed by atoms with Crippen LogP contribution in [0.3, 0.4) is 0 Å². The van der Waals surface area contributed by atoms with Crippen LogP contribution in [0.2, 0.25) is 0 Å². The van der Waals surface area contributed by atoms with Crippen molar-refractivity contribution in [3.63, 3.8) is 0 Å². The maximum absolute atomic E-state index is 14.1. The van der Waals surface area contributed by atoms with E-state index in [1.54, 1.807) is 4.90 Å². The number of guanidine groups is 1. The summed E-state index contributed by atoms with van der Waals surface area (Å²) in [5.41, 5.74) is 10.0. The first-order chi connectivity index (χ1) is 27.7. The first-order valence-electron chi connectivity index (χ1n) is 23.5. The van der Waals surface area contributed by atoms with Crippen LogP contribution in [0.4, 0.5) is 0 Å². The van der Waals surface area contributed by atoms with Crippen molar-refractivity contribution in [2.24, 2.45) is 17.4 Å². The Morgan fingerprint density at radius 2 is 1.63 bits per heavy atom. The molecule has 7 N–H and O–H groups in total. The van der Waals surface area contributed by atoms with Crippen LogP contribution in [0.15, 0.2) is 12.2 Å². The molecule has 5 heterocycles. The van der Waals surface area contributed by atoms with Crippen molar-refractivity contribution in [1.82, 2.24) is 15.5 Å². The van der Waals surface area contributed by atoms with E-state index in [1.165, 1.54) is 57.8 Å². The average molecular weight is 802 g/mol. The number of ether oxygens (including phenoxy) is 3. The van der Waals surface area contributed by atoms with Gasteiger partial charge in [-0.05, 0) is 84.2 Å². The summed E-state index contributed by atoms with van der Waals surface area (Å²) in [6.45, 7) is 6.73. The number of carbonyl (C=O) groups excluding carboxylic acids is 2. The Morgan fingerprint density at radius 3 is 2.30 bits per heavy atom. The molecule has 5 aliphatic rings. The number of rotatable bonds is 25. The average Bonchev–Trinajstić information content (AvgIpc) is 3.49. The summed E-state index contributed by atoms with van der Waals surface area (Å²) in [5, 5.41) is 17.8. The van der Waals surface area contributed by atoms with Gasteiger partial charge in [-0.3, -0.25) is 14.2 Å². The molecule has 12 heteroatoms. The second-order valence-corrected chi connectivity index (χ2v) is 17.9. The van der Waals surface area contributed by atoms with Crippen LogP contribution in [0.25, 0.3) is 0 Å². The second kappa shape index (κ2) is 23.5. The zero-order chi connectivity index (χ0) is 40.5. The van der Waals surface area contributed by atoms with Crippen LogP contribution in [0, 0.1) is 5.92 Å². The molecule has 0 bridgehead atoms. The molecular formula is C45H81N6O6+. The van der Waals surface area contributed by atoms with Gasteiger partial charge < -0.3 is 35.7 Å². The topological polar surface area (TPSA) is 164 Å². The molecule has 2 spiro atoms. The zero-order valence-corrected chi connectivity index (χ0v) is 35.9. The number of nitrogens with zero attached hydrogens (tertiary/aromatic N) is 2. The van der Waals surface area contributed by atoms with Gasteiger partial charge in [0, 0.05) is 38.8 Å². The standard InChI is InChI=1S/C45H80N6O6/c1-3-38-22-16-17-27-44(57-38)33-36-24-25-39-41(45(28-19-21-35(2)56-45)49-43(48-44)51(36)39)42(54)55-32-18-14-12-10-8-6-4-5-7-9-11-13-15-23-40(53)50(31-20-29-46)34-37(52)26-30-47/h16,22,35-39,41,52H,3-15,17-21,23-34,46-47H2,1-2H3,(H,48,49)/p+1/t35-,36+,37?,38+,39-,41-,44+,45-/m1/s1. The van der Waals surface area contributed by atoms with Gasteiger partial charge in [0.15, 0.2) is 11.6 Å². The van der Waals surface area contributed by atoms with Gasteiger partial charge in [-0.15, -0.1) is 0 Å². The lowest BCUT2D eigenvalue weighted by Gasteiger charge is -2.50. The Hall–Kier alpha value is -2.25. The molecular weight excluding hydrogens is 721 g/mol. The van der Waals surface area contributed by atoms with Crippen molar-refractivity contribution in [3.05, 3.63) is 12.2 Å². The summed E-state index contributed by atoms with van der Waals surface area (Å²) in [7, 11) is 0. The van der Waals surface area contributed by atoms with Gasteiger partial charge in [-0.25, -0.2) is 10.6 Å². The van der Waals surface area contributed by atoms with Crippen molar-refractivity contribution < 1.29 is 33.5 Å². The lowest BCUT2D eigenvalue weighted by atomic mass is 9.80. The molecule has 5 aliphatic heterocycles. The number of hydrogen-bond donors (Lipinski definition) is 5.